The van der Waals surface area contributed by atoms with E-state index in [1.54, 1.807) is 30.5 Å². The summed E-state index contributed by atoms with van der Waals surface area (Å²) in [6.07, 6.45) is 5.59. The van der Waals surface area contributed by atoms with Gasteiger partial charge < -0.3 is 24.8 Å². The fraction of sp³-hybridized carbons (Fsp3) is 0.383. The number of aromatic amines is 1. The maximum atomic E-state index is 14.0. The Morgan fingerprint density at radius 2 is 1.69 bits per heavy atom. The number of allylic oxidation sites excluding steroid dienone is 1. The van der Waals surface area contributed by atoms with Crippen molar-refractivity contribution in [2.75, 3.05) is 80.6 Å². The minimum absolute atomic E-state index is 0.0306. The summed E-state index contributed by atoms with van der Waals surface area (Å²) < 4.78 is 55.8. The molecule has 3 aliphatic rings. The van der Waals surface area contributed by atoms with Gasteiger partial charge >= 0.3 is 0 Å². The second-order valence-corrected chi connectivity index (χ2v) is 22.4. The van der Waals surface area contributed by atoms with Crippen LogP contribution in [0.4, 0.5) is 17.1 Å². The summed E-state index contributed by atoms with van der Waals surface area (Å²) in [6.45, 7) is 10.8. The number of hydrogen-bond acceptors (Lipinski definition) is 12. The lowest BCUT2D eigenvalue weighted by atomic mass is 9.72. The normalized spacial score (nSPS) is 18.6. The van der Waals surface area contributed by atoms with Crippen molar-refractivity contribution < 1.29 is 32.0 Å². The van der Waals surface area contributed by atoms with Gasteiger partial charge in [0, 0.05) is 92.3 Å². The Labute approximate surface area is 386 Å². The quantitative estimate of drug-likeness (QED) is 0.0380. The number of rotatable bonds is 15. The van der Waals surface area contributed by atoms with Crippen LogP contribution in [0.5, 0.6) is 11.5 Å². The third-order valence-electron chi connectivity index (χ3n) is 12.7. The molecule has 0 radical (unpaired) electrons. The Kier molecular flexibility index (Phi) is 13.8. The van der Waals surface area contributed by atoms with E-state index in [0.29, 0.717) is 49.9 Å². The van der Waals surface area contributed by atoms with Crippen LogP contribution in [0.25, 0.3) is 16.5 Å². The number of amides is 1. The molecule has 1 aromatic heterocycles. The third-order valence-corrected chi connectivity index (χ3v) is 15.9. The summed E-state index contributed by atoms with van der Waals surface area (Å²) in [5.41, 5.74) is 5.60. The monoisotopic (exact) mass is 945 g/mol. The Morgan fingerprint density at radius 1 is 0.938 bits per heavy atom. The van der Waals surface area contributed by atoms with Crippen molar-refractivity contribution in [1.82, 2.24) is 19.5 Å². The maximum Gasteiger partial charge on any atom is 0.293 e. The number of piperazine rings is 1. The number of ether oxygens (including phenoxy) is 1. The van der Waals surface area contributed by atoms with Crippen molar-refractivity contribution in [2.45, 2.75) is 44.4 Å². The number of benzene rings is 4. The molecule has 3 heterocycles. The van der Waals surface area contributed by atoms with E-state index in [-0.39, 0.29) is 22.4 Å². The molecule has 8 rings (SSSR count). The highest BCUT2D eigenvalue weighted by molar-refractivity contribution is 8.24. The number of fused-ring (bicyclic) bond motifs is 1. The number of sulfonamides is 1. The van der Waals surface area contributed by atoms with Crippen molar-refractivity contribution >= 4 is 71.7 Å². The zero-order chi connectivity index (χ0) is 45.9. The first kappa shape index (κ1) is 46.4. The third kappa shape index (κ3) is 11.3. The molecule has 0 unspecified atom stereocenters. The highest BCUT2D eigenvalue weighted by Crippen LogP contribution is 2.44. The van der Waals surface area contributed by atoms with Gasteiger partial charge in [-0.1, -0.05) is 49.2 Å². The van der Waals surface area contributed by atoms with E-state index in [1.165, 1.54) is 28.8 Å². The fourth-order valence-electron chi connectivity index (χ4n) is 8.87. The molecule has 0 spiro atoms. The van der Waals surface area contributed by atoms with Crippen LogP contribution in [0.1, 0.15) is 55.5 Å². The molecule has 4 aromatic carbocycles. The molecule has 1 amide bonds. The van der Waals surface area contributed by atoms with E-state index in [1.807, 2.05) is 30.3 Å². The molecule has 0 saturated carbocycles. The lowest BCUT2D eigenvalue weighted by Gasteiger charge is -2.41. The number of nitro groups is 1. The molecule has 346 valence electrons. The van der Waals surface area contributed by atoms with E-state index in [0.717, 1.165) is 79.7 Å². The van der Waals surface area contributed by atoms with Gasteiger partial charge in [-0.15, -0.1) is 0 Å². The molecule has 65 heavy (non-hydrogen) atoms. The molecule has 1 aliphatic carbocycles. The number of nitrogens with zero attached hydrogens (tertiary/aromatic N) is 4. The Hall–Kier alpha value is -5.14. The average molecular weight is 947 g/mol. The number of hydrogen-bond donors (Lipinski definition) is 5. The van der Waals surface area contributed by atoms with Crippen molar-refractivity contribution in [3.8, 4) is 11.5 Å². The van der Waals surface area contributed by atoms with Crippen LogP contribution in [0, 0.1) is 15.5 Å². The minimum Gasteiger partial charge on any atom is -0.456 e. The molecular formula is C47H56ClN7O8S2. The van der Waals surface area contributed by atoms with Gasteiger partial charge in [0.05, 0.1) is 26.9 Å². The van der Waals surface area contributed by atoms with Crippen LogP contribution in [-0.4, -0.2) is 114 Å². The van der Waals surface area contributed by atoms with Crippen LogP contribution in [0.3, 0.4) is 0 Å². The first-order valence-electron chi connectivity index (χ1n) is 21.9. The van der Waals surface area contributed by atoms with Crippen LogP contribution in [-0.2, 0) is 10.0 Å². The number of carbonyl (C=O) groups excluding carboxylic acids is 1. The first-order chi connectivity index (χ1) is 31.0. The number of halogens is 1. The number of anilines is 2. The molecule has 2 aliphatic heterocycles. The number of carbonyl (C=O) groups is 1. The highest BCUT2D eigenvalue weighted by atomic mass is 35.5. The molecule has 2 fully saturated rings. The Morgan fingerprint density at radius 3 is 2.43 bits per heavy atom. The van der Waals surface area contributed by atoms with E-state index >= 15 is 0 Å². The van der Waals surface area contributed by atoms with Gasteiger partial charge in [0.1, 0.15) is 17.2 Å². The molecular weight excluding hydrogens is 890 g/mol. The summed E-state index contributed by atoms with van der Waals surface area (Å²) in [6, 6.07) is 24.1. The van der Waals surface area contributed by atoms with E-state index < -0.39 is 42.0 Å². The number of aromatic nitrogens is 1. The van der Waals surface area contributed by atoms with E-state index in [2.05, 4.69) is 55.7 Å². The standard InChI is InChI=1S/C47H56ClN7O8S2/c1-47(2)17-15-34(40(31-47)33-7-9-35(48)10-8-33)32-53-21-23-54(24-22-53)36-11-13-39(45(29-36)63-44-6-3-5-41-38(44)16-19-50-41)46(56)51-65(61,62)37-12-14-42(43(30-37)55(57)58)49-18-4-20-52-25-27-64(59,60)28-26-52/h3,5-14,16,19,29-30,49-50,59-60H,4,15,17-18,20-28,31-32H2,1-2H3,(H,51,56). The Bertz CT molecular complexity index is 2690. The van der Waals surface area contributed by atoms with Crippen LogP contribution in [0.2, 0.25) is 5.02 Å². The van der Waals surface area contributed by atoms with Crippen molar-refractivity contribution in [1.29, 1.82) is 0 Å². The van der Waals surface area contributed by atoms with Crippen LogP contribution in [0.15, 0.2) is 102 Å². The summed E-state index contributed by atoms with van der Waals surface area (Å²) in [5.74, 6) is 0.313. The first-order valence-corrected chi connectivity index (χ1v) is 25.6. The van der Waals surface area contributed by atoms with Crippen LogP contribution < -0.4 is 19.7 Å². The molecule has 5 aromatic rings. The molecule has 0 bridgehead atoms. The van der Waals surface area contributed by atoms with Crippen molar-refractivity contribution in [2.24, 2.45) is 5.41 Å². The zero-order valence-corrected chi connectivity index (χ0v) is 39.0. The van der Waals surface area contributed by atoms with Gasteiger partial charge in [-0.3, -0.25) is 28.9 Å². The lowest BCUT2D eigenvalue weighted by Crippen LogP contribution is -2.47. The Balaban J connectivity index is 0.973. The maximum absolute atomic E-state index is 14.0. The molecule has 15 nitrogen and oxygen atoms in total. The molecule has 5 N–H and O–H groups in total. The predicted octanol–water partition coefficient (Wildman–Crippen LogP) is 9.29. The summed E-state index contributed by atoms with van der Waals surface area (Å²) in [4.78, 5) is 35.0. The summed E-state index contributed by atoms with van der Waals surface area (Å²) in [7, 11) is -7.10. The second-order valence-electron chi connectivity index (χ2n) is 17.9. The number of nitrogens with one attached hydrogen (secondary N) is 3. The van der Waals surface area contributed by atoms with Gasteiger partial charge in [0.2, 0.25) is 0 Å². The molecule has 2 saturated heterocycles. The smallest absolute Gasteiger partial charge is 0.293 e. The summed E-state index contributed by atoms with van der Waals surface area (Å²) >= 11 is 6.25. The molecule has 0 atom stereocenters. The number of nitro benzene ring substituents is 1. The van der Waals surface area contributed by atoms with Crippen molar-refractivity contribution in [3.63, 3.8) is 0 Å². The van der Waals surface area contributed by atoms with E-state index in [9.17, 15) is 32.4 Å². The average Bonchev–Trinajstić information content (AvgIpc) is 3.77. The SMILES string of the molecule is CC1(C)CCC(CN2CCN(c3ccc(C(=O)NS(=O)(=O)c4ccc(NCCCN5CCS(O)(O)CC5)c([N+](=O)[O-])c4)c(Oc4cccc5[nH]ccc45)c3)CC2)=C(c2ccc(Cl)cc2)C1. The van der Waals surface area contributed by atoms with Crippen LogP contribution >= 0.6 is 22.2 Å². The topological polar surface area (TPSA) is 194 Å². The summed E-state index contributed by atoms with van der Waals surface area (Å²) in [5, 5.41) is 16.7. The lowest BCUT2D eigenvalue weighted by molar-refractivity contribution is -0.384. The van der Waals surface area contributed by atoms with Gasteiger partial charge in [0.15, 0.2) is 0 Å². The van der Waals surface area contributed by atoms with Gasteiger partial charge in [0.25, 0.3) is 21.6 Å². The number of H-pyrrole nitrogens is 1. The predicted molar refractivity (Wildman–Crippen MR) is 259 cm³/mol. The highest BCUT2D eigenvalue weighted by Gasteiger charge is 2.31. The molecule has 18 heteroatoms. The van der Waals surface area contributed by atoms with Gasteiger partial charge in [-0.05, 0) is 103 Å². The van der Waals surface area contributed by atoms with Gasteiger partial charge in [-0.2, -0.15) is 10.6 Å². The fourth-order valence-corrected chi connectivity index (χ4v) is 11.3. The van der Waals surface area contributed by atoms with E-state index in [4.69, 9.17) is 16.3 Å². The van der Waals surface area contributed by atoms with Crippen molar-refractivity contribution in [3.05, 3.63) is 123 Å². The minimum atomic E-state index is -4.59. The van der Waals surface area contributed by atoms with Gasteiger partial charge in [-0.25, -0.2) is 13.1 Å². The second kappa shape index (κ2) is 19.4. The largest absolute Gasteiger partial charge is 0.456 e. The zero-order valence-electron chi connectivity index (χ0n) is 36.6.